The summed E-state index contributed by atoms with van der Waals surface area (Å²) in [5.74, 6) is -1.12. The molecule has 0 aliphatic carbocycles. The highest BCUT2D eigenvalue weighted by atomic mass is 19.4. The van der Waals surface area contributed by atoms with Gasteiger partial charge in [0.25, 0.3) is 0 Å². The quantitative estimate of drug-likeness (QED) is 0.529. The first-order valence-corrected chi connectivity index (χ1v) is 12.7. The zero-order valence-electron chi connectivity index (χ0n) is 23.4. The number of ether oxygens (including phenoxy) is 3. The first kappa shape index (κ1) is 30.0. The summed E-state index contributed by atoms with van der Waals surface area (Å²) in [6.45, 7) is 9.64. The maximum atomic E-state index is 14.4. The monoisotopic (exact) mass is 584 g/mol. The van der Waals surface area contributed by atoms with Crippen LogP contribution in [-0.2, 0) is 32.5 Å². The van der Waals surface area contributed by atoms with Gasteiger partial charge in [-0.3, -0.25) is 4.68 Å². The number of carbonyl (C=O) groups excluding carboxylic acids is 2. The molecule has 1 atom stereocenters. The van der Waals surface area contributed by atoms with Crippen LogP contribution in [0.2, 0.25) is 0 Å². The number of hydrogen-bond acceptors (Lipinski definition) is 9. The van der Waals surface area contributed by atoms with Gasteiger partial charge in [-0.2, -0.15) is 23.2 Å². The lowest BCUT2D eigenvalue weighted by atomic mass is 9.96. The summed E-state index contributed by atoms with van der Waals surface area (Å²) in [6.07, 6.45) is -7.84. The molecule has 0 bridgehead atoms. The molecule has 16 heteroatoms. The number of hydrogen-bond donors (Lipinski definition) is 1. The van der Waals surface area contributed by atoms with Gasteiger partial charge in [0.1, 0.15) is 28.2 Å². The molecule has 1 saturated heterocycles. The second kappa shape index (κ2) is 10.2. The maximum absolute atomic E-state index is 14.4. The van der Waals surface area contributed by atoms with E-state index in [1.807, 2.05) is 0 Å². The molecule has 2 aliphatic rings. The lowest BCUT2D eigenvalue weighted by Crippen LogP contribution is -2.45. The van der Waals surface area contributed by atoms with E-state index in [9.17, 15) is 32.7 Å². The molecule has 0 saturated carbocycles. The van der Waals surface area contributed by atoms with Crippen LogP contribution in [0, 0.1) is 0 Å². The number of aromatic nitrogens is 4. The van der Waals surface area contributed by atoms with Crippen LogP contribution in [0.3, 0.4) is 0 Å². The molecular weight excluding hydrogens is 553 g/mol. The van der Waals surface area contributed by atoms with Gasteiger partial charge < -0.3 is 24.2 Å². The minimum Gasteiger partial charge on any atom is -0.465 e. The Morgan fingerprint density at radius 2 is 1.63 bits per heavy atom. The van der Waals surface area contributed by atoms with Crippen LogP contribution in [0.5, 0.6) is 0 Å². The van der Waals surface area contributed by atoms with Crippen molar-refractivity contribution >= 4 is 24.1 Å². The third kappa shape index (κ3) is 6.36. The number of alkyl halides is 3. The lowest BCUT2D eigenvalue weighted by molar-refractivity contribution is -0.140. The largest absolute Gasteiger partial charge is 0.465 e. The number of fused-ring (bicyclic) bond motifs is 2. The molecule has 3 amide bonds. The minimum absolute atomic E-state index is 0.0179. The van der Waals surface area contributed by atoms with Gasteiger partial charge in [-0.25, -0.2) is 24.4 Å². The number of rotatable bonds is 2. The Morgan fingerprint density at radius 1 is 1.02 bits per heavy atom. The number of halogens is 3. The van der Waals surface area contributed by atoms with E-state index in [2.05, 4.69) is 15.1 Å². The topological polar surface area (TPSA) is 149 Å². The number of carbonyl (C=O) groups is 3. The van der Waals surface area contributed by atoms with Crippen molar-refractivity contribution in [2.75, 3.05) is 24.6 Å². The first-order chi connectivity index (χ1) is 18.8. The molecule has 224 valence electrons. The van der Waals surface area contributed by atoms with Gasteiger partial charge in [0.2, 0.25) is 0 Å². The Hall–Kier alpha value is -3.95. The molecular formula is C25H31F3N6O7. The fourth-order valence-corrected chi connectivity index (χ4v) is 4.48. The molecule has 2 aliphatic heterocycles. The summed E-state index contributed by atoms with van der Waals surface area (Å²) in [5, 5.41) is 13.8. The van der Waals surface area contributed by atoms with Crippen LogP contribution in [0.1, 0.15) is 59.4 Å². The van der Waals surface area contributed by atoms with Crippen LogP contribution in [0.25, 0.3) is 11.4 Å². The van der Waals surface area contributed by atoms with Crippen LogP contribution in [0.15, 0.2) is 12.3 Å². The fourth-order valence-electron chi connectivity index (χ4n) is 4.48. The number of carboxylic acid groups (broad SMARTS) is 1. The van der Waals surface area contributed by atoms with E-state index in [0.29, 0.717) is 12.1 Å². The molecule has 0 unspecified atom stereocenters. The Kier molecular flexibility index (Phi) is 7.43. The van der Waals surface area contributed by atoms with Crippen LogP contribution in [0.4, 0.5) is 33.4 Å². The van der Waals surface area contributed by atoms with Crippen molar-refractivity contribution in [2.24, 2.45) is 0 Å². The summed E-state index contributed by atoms with van der Waals surface area (Å²) in [4.78, 5) is 46.2. The Bertz CT molecular complexity index is 1340. The molecule has 1 fully saturated rings. The van der Waals surface area contributed by atoms with Gasteiger partial charge in [0, 0.05) is 13.0 Å². The van der Waals surface area contributed by atoms with Crippen molar-refractivity contribution in [3.05, 3.63) is 23.7 Å². The highest BCUT2D eigenvalue weighted by molar-refractivity contribution is 6.09. The Morgan fingerprint density at radius 3 is 2.15 bits per heavy atom. The average molecular weight is 585 g/mol. The molecule has 0 aromatic carbocycles. The van der Waals surface area contributed by atoms with Crippen molar-refractivity contribution in [3.8, 4) is 11.4 Å². The van der Waals surface area contributed by atoms with Gasteiger partial charge in [0.05, 0.1) is 31.6 Å². The maximum Gasteiger partial charge on any atom is 0.437 e. The lowest BCUT2D eigenvalue weighted by Gasteiger charge is -2.33. The molecule has 1 spiro atoms. The number of likely N-dealkylation sites (tertiary alicyclic amines) is 1. The van der Waals surface area contributed by atoms with Gasteiger partial charge in [-0.1, -0.05) is 0 Å². The number of amides is 3. The van der Waals surface area contributed by atoms with E-state index in [0.717, 1.165) is 6.20 Å². The van der Waals surface area contributed by atoms with Crippen molar-refractivity contribution in [1.82, 2.24) is 24.6 Å². The molecule has 4 heterocycles. The third-order valence-corrected chi connectivity index (χ3v) is 6.08. The third-order valence-electron chi connectivity index (χ3n) is 6.08. The normalized spacial score (nSPS) is 19.2. The number of anilines is 1. The van der Waals surface area contributed by atoms with E-state index in [4.69, 9.17) is 14.2 Å². The van der Waals surface area contributed by atoms with Gasteiger partial charge in [0.15, 0.2) is 11.5 Å². The van der Waals surface area contributed by atoms with Gasteiger partial charge >= 0.3 is 24.5 Å². The Labute approximate surface area is 233 Å². The standard InChI is InChI=1S/C25H31F3N6O7/c1-22(2,3)40-20(37)34(21(38)41-23(4,5)6)18-17(25(26,27)28)30-15(12-29-18)14-11-16-24(39-10-9-33(16)31-14)7-8-32(13-24)19(35)36/h11-12H,7-10,13H2,1-6H3,(H,35,36)/t24-/m1/s1. The van der Waals surface area contributed by atoms with E-state index in [1.165, 1.54) is 52.5 Å². The molecule has 41 heavy (non-hydrogen) atoms. The second-order valence-electron chi connectivity index (χ2n) is 11.7. The van der Waals surface area contributed by atoms with Crippen LogP contribution >= 0.6 is 0 Å². The molecule has 1 N–H and O–H groups in total. The highest BCUT2D eigenvalue weighted by Crippen LogP contribution is 2.41. The molecule has 13 nitrogen and oxygen atoms in total. The summed E-state index contributed by atoms with van der Waals surface area (Å²) in [5.41, 5.74) is -4.75. The smallest absolute Gasteiger partial charge is 0.437 e. The second-order valence-corrected chi connectivity index (χ2v) is 11.7. The van der Waals surface area contributed by atoms with Gasteiger partial charge in [-0.15, -0.1) is 0 Å². The minimum atomic E-state index is -5.16. The predicted octanol–water partition coefficient (Wildman–Crippen LogP) is 4.64. The fraction of sp³-hybridized carbons (Fsp3) is 0.600. The zero-order chi connectivity index (χ0) is 30.5. The number of imide groups is 1. The molecule has 4 rings (SSSR count). The Balaban J connectivity index is 1.79. The van der Waals surface area contributed by atoms with Crippen LogP contribution < -0.4 is 4.90 Å². The SMILES string of the molecule is CC(C)(C)OC(=O)N(C(=O)OC(C)(C)C)c1ncc(-c2cc3n(n2)CCO[C@@]32CCN(C(=O)O)C2)nc1C(F)(F)F. The highest BCUT2D eigenvalue weighted by Gasteiger charge is 2.48. The van der Waals surface area contributed by atoms with E-state index >= 15 is 0 Å². The first-order valence-electron chi connectivity index (χ1n) is 12.7. The van der Waals surface area contributed by atoms with Crippen molar-refractivity contribution in [2.45, 2.75) is 77.5 Å². The van der Waals surface area contributed by atoms with Crippen molar-refractivity contribution in [3.63, 3.8) is 0 Å². The molecule has 2 aromatic heterocycles. The summed E-state index contributed by atoms with van der Waals surface area (Å²) < 4.78 is 60.9. The molecule has 0 radical (unpaired) electrons. The summed E-state index contributed by atoms with van der Waals surface area (Å²) >= 11 is 0. The average Bonchev–Trinajstić information content (AvgIpc) is 3.43. The van der Waals surface area contributed by atoms with E-state index in [1.54, 1.807) is 4.68 Å². The van der Waals surface area contributed by atoms with Gasteiger partial charge in [-0.05, 0) is 47.6 Å². The van der Waals surface area contributed by atoms with Crippen molar-refractivity contribution < 1.29 is 46.9 Å². The zero-order valence-corrected chi connectivity index (χ0v) is 23.4. The summed E-state index contributed by atoms with van der Waals surface area (Å²) in [7, 11) is 0. The summed E-state index contributed by atoms with van der Waals surface area (Å²) in [6, 6.07) is 1.48. The van der Waals surface area contributed by atoms with Crippen molar-refractivity contribution in [1.29, 1.82) is 0 Å². The molecule has 2 aromatic rings. The van der Waals surface area contributed by atoms with E-state index < -0.39 is 52.8 Å². The van der Waals surface area contributed by atoms with E-state index in [-0.39, 0.29) is 42.5 Å². The predicted molar refractivity (Wildman–Crippen MR) is 135 cm³/mol. The number of nitrogens with zero attached hydrogens (tertiary/aromatic N) is 6. The van der Waals surface area contributed by atoms with Crippen LogP contribution in [-0.4, -0.2) is 78.9 Å².